The van der Waals surface area contributed by atoms with E-state index < -0.39 is 30.5 Å². The van der Waals surface area contributed by atoms with Crippen LogP contribution >= 0.6 is 0 Å². The van der Waals surface area contributed by atoms with Gasteiger partial charge in [-0.15, -0.1) is 0 Å². The zero-order valence-electron chi connectivity index (χ0n) is 22.9. The maximum atomic E-state index is 12.7. The Morgan fingerprint density at radius 1 is 0.657 bits per heavy atom. The minimum absolute atomic E-state index is 0.0535. The molecule has 9 heteroatoms. The van der Waals surface area contributed by atoms with Gasteiger partial charge < -0.3 is 25.7 Å². The number of ketones is 1. The van der Waals surface area contributed by atoms with E-state index >= 15 is 0 Å². The van der Waals surface area contributed by atoms with E-state index in [4.69, 9.17) is 0 Å². The molecule has 0 aromatic heterocycles. The number of aliphatic hydroxyl groups excluding tert-OH is 4. The Balaban J connectivity index is 4.44. The van der Waals surface area contributed by atoms with Gasteiger partial charge in [0, 0.05) is 32.1 Å². The predicted octanol–water partition coefficient (Wildman–Crippen LogP) is 1.16. The Labute approximate surface area is 212 Å². The van der Waals surface area contributed by atoms with Gasteiger partial charge in [0.15, 0.2) is 5.78 Å². The molecule has 0 aliphatic rings. The van der Waals surface area contributed by atoms with Crippen molar-refractivity contribution >= 4 is 11.7 Å². The molecule has 0 heterocycles. The van der Waals surface area contributed by atoms with Crippen molar-refractivity contribution in [1.29, 1.82) is 0 Å². The Morgan fingerprint density at radius 3 is 1.37 bits per heavy atom. The second kappa shape index (κ2) is 19.1. The highest BCUT2D eigenvalue weighted by Gasteiger charge is 2.21. The first kappa shape index (κ1) is 33.9. The zero-order valence-corrected chi connectivity index (χ0v) is 22.9. The summed E-state index contributed by atoms with van der Waals surface area (Å²) in [6.07, 6.45) is 2.70. The summed E-state index contributed by atoms with van der Waals surface area (Å²) in [4.78, 5) is 28.8. The summed E-state index contributed by atoms with van der Waals surface area (Å²) in [6.45, 7) is 13.7. The van der Waals surface area contributed by atoms with Crippen LogP contribution in [0.4, 0.5) is 0 Å². The van der Waals surface area contributed by atoms with Gasteiger partial charge in [-0.3, -0.25) is 19.4 Å². The molecule has 35 heavy (non-hydrogen) atoms. The summed E-state index contributed by atoms with van der Waals surface area (Å²) in [6, 6.07) is -0.500. The van der Waals surface area contributed by atoms with Crippen LogP contribution in [0.25, 0.3) is 0 Å². The number of hydrogen-bond donors (Lipinski definition) is 5. The monoisotopic (exact) mass is 503 g/mol. The molecule has 5 N–H and O–H groups in total. The summed E-state index contributed by atoms with van der Waals surface area (Å²) >= 11 is 0. The summed E-state index contributed by atoms with van der Waals surface area (Å²) in [7, 11) is 0. The average Bonchev–Trinajstić information content (AvgIpc) is 2.70. The lowest BCUT2D eigenvalue weighted by molar-refractivity contribution is -0.129. The van der Waals surface area contributed by atoms with Gasteiger partial charge in [-0.05, 0) is 79.8 Å². The van der Waals surface area contributed by atoms with Crippen LogP contribution in [0.3, 0.4) is 0 Å². The largest absolute Gasteiger partial charge is 0.392 e. The van der Waals surface area contributed by atoms with Crippen molar-refractivity contribution in [1.82, 2.24) is 15.1 Å². The Morgan fingerprint density at radius 2 is 1.03 bits per heavy atom. The van der Waals surface area contributed by atoms with Gasteiger partial charge >= 0.3 is 0 Å². The number of nitrogens with one attached hydrogen (secondary N) is 1. The number of aliphatic hydroxyl groups is 4. The van der Waals surface area contributed by atoms with E-state index in [2.05, 4.69) is 5.32 Å². The fourth-order valence-corrected chi connectivity index (χ4v) is 4.30. The third-order valence-corrected chi connectivity index (χ3v) is 5.92. The minimum atomic E-state index is -0.500. The molecule has 1 amide bonds. The van der Waals surface area contributed by atoms with Crippen molar-refractivity contribution in [2.75, 3.05) is 39.3 Å². The molecule has 0 aromatic carbocycles. The molecule has 0 saturated heterocycles. The number of unbranched alkanes of at least 4 members (excludes halogenated alkanes) is 2. The Bertz CT molecular complexity index is 551. The van der Waals surface area contributed by atoms with Gasteiger partial charge in [-0.1, -0.05) is 13.3 Å². The third-order valence-electron chi connectivity index (χ3n) is 5.92. The van der Waals surface area contributed by atoms with E-state index in [1.165, 1.54) is 6.92 Å². The highest BCUT2D eigenvalue weighted by molar-refractivity contribution is 5.88. The second-order valence-corrected chi connectivity index (χ2v) is 10.5. The SMILES string of the molecule is CC(=O)[C@H](CCCCN(C[C@@H](C)O)C[C@@H](C)O)NC(=O)[C@@H](C)CCCCN(C[C@@H](C)O)C[C@@H](C)O. The Kier molecular flexibility index (Phi) is 18.5. The number of amides is 1. The van der Waals surface area contributed by atoms with Gasteiger partial charge in [0.25, 0.3) is 0 Å². The molecule has 0 bridgehead atoms. The van der Waals surface area contributed by atoms with E-state index in [-0.39, 0.29) is 17.6 Å². The standard InChI is InChI=1S/C26H53N3O6/c1-19(11-7-9-13-28(15-20(2)30)16-21(3)31)26(35)27-25(24(6)34)12-8-10-14-29(17-22(4)32)18-23(5)33/h19-23,25,30-33H,7-18H2,1-6H3,(H,27,35)/t19-,20+,21+,22+,23+,25-/m0/s1. The molecule has 9 nitrogen and oxygen atoms in total. The summed E-state index contributed by atoms with van der Waals surface area (Å²) in [5.41, 5.74) is 0. The van der Waals surface area contributed by atoms with Crippen LogP contribution in [0.5, 0.6) is 0 Å². The van der Waals surface area contributed by atoms with E-state index in [0.717, 1.165) is 32.2 Å². The van der Waals surface area contributed by atoms with Crippen LogP contribution in [0, 0.1) is 5.92 Å². The molecule has 0 rings (SSSR count). The van der Waals surface area contributed by atoms with E-state index in [1.54, 1.807) is 27.7 Å². The average molecular weight is 504 g/mol. The van der Waals surface area contributed by atoms with Gasteiger partial charge in [-0.25, -0.2) is 0 Å². The molecule has 0 aliphatic heterocycles. The number of rotatable bonds is 21. The van der Waals surface area contributed by atoms with Crippen LogP contribution in [0.15, 0.2) is 0 Å². The fourth-order valence-electron chi connectivity index (χ4n) is 4.30. The van der Waals surface area contributed by atoms with Crippen molar-refractivity contribution in [2.24, 2.45) is 5.92 Å². The highest BCUT2D eigenvalue weighted by atomic mass is 16.3. The van der Waals surface area contributed by atoms with Crippen molar-refractivity contribution < 1.29 is 30.0 Å². The van der Waals surface area contributed by atoms with Crippen molar-refractivity contribution in [3.05, 3.63) is 0 Å². The van der Waals surface area contributed by atoms with Crippen LogP contribution in [0.1, 0.15) is 80.1 Å². The van der Waals surface area contributed by atoms with Crippen LogP contribution in [0.2, 0.25) is 0 Å². The molecule has 0 saturated carbocycles. The molecular formula is C26H53N3O6. The molecule has 0 radical (unpaired) electrons. The number of carbonyl (C=O) groups is 2. The number of Topliss-reactive ketones (excluding diaryl/α,β-unsaturated/α-hetero) is 1. The molecule has 0 fully saturated rings. The van der Waals surface area contributed by atoms with Gasteiger partial charge in [-0.2, -0.15) is 0 Å². The van der Waals surface area contributed by atoms with Crippen molar-refractivity contribution in [3.63, 3.8) is 0 Å². The van der Waals surface area contributed by atoms with Crippen molar-refractivity contribution in [2.45, 2.75) is 111 Å². The van der Waals surface area contributed by atoms with E-state index in [9.17, 15) is 30.0 Å². The molecule has 0 spiro atoms. The first-order valence-electron chi connectivity index (χ1n) is 13.3. The number of nitrogens with zero attached hydrogens (tertiary/aromatic N) is 2. The van der Waals surface area contributed by atoms with Crippen LogP contribution < -0.4 is 5.32 Å². The second-order valence-electron chi connectivity index (χ2n) is 10.5. The highest BCUT2D eigenvalue weighted by Crippen LogP contribution is 2.12. The molecule has 0 aromatic rings. The third kappa shape index (κ3) is 18.8. The van der Waals surface area contributed by atoms with Crippen LogP contribution in [-0.4, -0.2) is 112 Å². The van der Waals surface area contributed by atoms with E-state index in [0.29, 0.717) is 45.6 Å². The fraction of sp³-hybridized carbons (Fsp3) is 0.923. The molecule has 6 atom stereocenters. The lowest BCUT2D eigenvalue weighted by Gasteiger charge is -2.25. The smallest absolute Gasteiger partial charge is 0.223 e. The first-order valence-corrected chi connectivity index (χ1v) is 13.3. The lowest BCUT2D eigenvalue weighted by atomic mass is 10.0. The zero-order chi connectivity index (χ0) is 27.0. The van der Waals surface area contributed by atoms with Gasteiger partial charge in [0.2, 0.25) is 5.91 Å². The molecule has 208 valence electrons. The van der Waals surface area contributed by atoms with Crippen molar-refractivity contribution in [3.8, 4) is 0 Å². The summed E-state index contributed by atoms with van der Waals surface area (Å²) < 4.78 is 0. The van der Waals surface area contributed by atoms with Gasteiger partial charge in [0.05, 0.1) is 30.5 Å². The quantitative estimate of drug-likeness (QED) is 0.147. The predicted molar refractivity (Wildman–Crippen MR) is 139 cm³/mol. The number of carbonyl (C=O) groups excluding carboxylic acids is 2. The molecule has 0 aliphatic carbocycles. The normalized spacial score (nSPS) is 17.1. The first-order chi connectivity index (χ1) is 16.3. The summed E-state index contributed by atoms with van der Waals surface area (Å²) in [5.74, 6) is -0.367. The topological polar surface area (TPSA) is 134 Å². The number of hydrogen-bond acceptors (Lipinski definition) is 8. The Hall–Kier alpha value is -1.10. The van der Waals surface area contributed by atoms with E-state index in [1.807, 2.05) is 16.7 Å². The van der Waals surface area contributed by atoms with Gasteiger partial charge in [0.1, 0.15) is 0 Å². The molecule has 0 unspecified atom stereocenters. The summed E-state index contributed by atoms with van der Waals surface area (Å²) in [5, 5.41) is 41.4. The lowest BCUT2D eigenvalue weighted by Crippen LogP contribution is -2.42. The van der Waals surface area contributed by atoms with Crippen LogP contribution in [-0.2, 0) is 9.59 Å². The molecular weight excluding hydrogens is 450 g/mol. The minimum Gasteiger partial charge on any atom is -0.392 e. The maximum Gasteiger partial charge on any atom is 0.223 e. The maximum absolute atomic E-state index is 12.7.